The summed E-state index contributed by atoms with van der Waals surface area (Å²) in [5.74, 6) is 0.214. The van der Waals surface area contributed by atoms with Gasteiger partial charge in [-0.25, -0.2) is 9.78 Å². The van der Waals surface area contributed by atoms with Gasteiger partial charge in [0, 0.05) is 19.5 Å². The molecule has 0 amide bonds. The molecule has 6 nitrogen and oxygen atoms in total. The lowest BCUT2D eigenvalue weighted by molar-refractivity contribution is -0.274. The van der Waals surface area contributed by atoms with Crippen LogP contribution in [0.2, 0.25) is 0 Å². The number of imidazole rings is 1. The predicted molar refractivity (Wildman–Crippen MR) is 94.5 cm³/mol. The molecule has 2 aromatic carbocycles. The van der Waals surface area contributed by atoms with Crippen molar-refractivity contribution in [3.8, 4) is 11.5 Å². The molecular weight excluding hydrogens is 377 g/mol. The largest absolute Gasteiger partial charge is 0.573 e. The average Bonchev–Trinajstić information content (AvgIpc) is 2.95. The number of esters is 1. The number of aryl methyl sites for hydroxylation is 1. The van der Waals surface area contributed by atoms with Crippen LogP contribution in [0.25, 0.3) is 11.0 Å². The van der Waals surface area contributed by atoms with Crippen LogP contribution < -0.4 is 9.47 Å². The van der Waals surface area contributed by atoms with Gasteiger partial charge in [0.15, 0.2) is 0 Å². The highest BCUT2D eigenvalue weighted by molar-refractivity contribution is 5.97. The van der Waals surface area contributed by atoms with Gasteiger partial charge in [0.2, 0.25) is 0 Å². The van der Waals surface area contributed by atoms with Crippen molar-refractivity contribution in [2.75, 3.05) is 14.2 Å². The van der Waals surface area contributed by atoms with Crippen LogP contribution in [-0.2, 0) is 18.2 Å². The minimum atomic E-state index is -4.73. The number of aromatic nitrogens is 2. The number of benzene rings is 2. The van der Waals surface area contributed by atoms with Crippen LogP contribution >= 0.6 is 0 Å². The molecule has 0 saturated carbocycles. The molecule has 1 heterocycles. The third kappa shape index (κ3) is 4.03. The molecule has 0 aliphatic rings. The van der Waals surface area contributed by atoms with E-state index in [0.717, 1.165) is 11.1 Å². The lowest BCUT2D eigenvalue weighted by Crippen LogP contribution is -2.17. The van der Waals surface area contributed by atoms with Crippen LogP contribution in [-0.4, -0.2) is 36.1 Å². The van der Waals surface area contributed by atoms with E-state index in [1.54, 1.807) is 24.3 Å². The standard InChI is InChI=1S/C19H17F3N2O4/c1-24-15-10-16(26-2)13(18(25)27-3)9-14(15)23-17(24)8-11-4-6-12(7-5-11)28-19(20,21)22/h4-7,9-10H,8H2,1-3H3. The molecule has 0 saturated heterocycles. The summed E-state index contributed by atoms with van der Waals surface area (Å²) in [6.07, 6.45) is -4.34. The molecule has 0 spiro atoms. The number of nitrogens with zero attached hydrogens (tertiary/aromatic N) is 2. The fraction of sp³-hybridized carbons (Fsp3) is 0.263. The molecule has 3 rings (SSSR count). The number of carbonyl (C=O) groups excluding carboxylic acids is 1. The van der Waals surface area contributed by atoms with E-state index in [-0.39, 0.29) is 11.3 Å². The van der Waals surface area contributed by atoms with Gasteiger partial charge in [0.05, 0.1) is 25.3 Å². The zero-order chi connectivity index (χ0) is 20.5. The Morgan fingerprint density at radius 1 is 1.14 bits per heavy atom. The highest BCUT2D eigenvalue weighted by Gasteiger charge is 2.31. The second-order valence-electron chi connectivity index (χ2n) is 5.99. The molecule has 3 aromatic rings. The summed E-state index contributed by atoms with van der Waals surface area (Å²) < 4.78 is 52.5. The van der Waals surface area contributed by atoms with Crippen molar-refractivity contribution in [3.05, 3.63) is 53.3 Å². The van der Waals surface area contributed by atoms with Crippen LogP contribution in [0.4, 0.5) is 13.2 Å². The molecule has 0 atom stereocenters. The number of hydrogen-bond acceptors (Lipinski definition) is 5. The summed E-state index contributed by atoms with van der Waals surface area (Å²) in [5.41, 5.74) is 2.34. The maximum atomic E-state index is 12.3. The SMILES string of the molecule is COC(=O)c1cc2nc(Cc3ccc(OC(F)(F)F)cc3)n(C)c2cc1OC. The van der Waals surface area contributed by atoms with Crippen LogP contribution in [0, 0.1) is 0 Å². The topological polar surface area (TPSA) is 62.6 Å². The molecule has 0 fully saturated rings. The number of fused-ring (bicyclic) bond motifs is 1. The predicted octanol–water partition coefficient (Wildman–Crippen LogP) is 3.86. The number of ether oxygens (including phenoxy) is 3. The number of alkyl halides is 3. The first-order valence-corrected chi connectivity index (χ1v) is 8.18. The van der Waals surface area contributed by atoms with Gasteiger partial charge < -0.3 is 18.8 Å². The summed E-state index contributed by atoms with van der Waals surface area (Å²) >= 11 is 0. The van der Waals surface area contributed by atoms with Gasteiger partial charge in [-0.3, -0.25) is 0 Å². The van der Waals surface area contributed by atoms with Crippen LogP contribution in [0.15, 0.2) is 36.4 Å². The molecule has 0 unspecified atom stereocenters. The Kier molecular flexibility index (Phi) is 5.17. The maximum absolute atomic E-state index is 12.3. The highest BCUT2D eigenvalue weighted by Crippen LogP contribution is 2.28. The van der Waals surface area contributed by atoms with Gasteiger partial charge >= 0.3 is 12.3 Å². The number of hydrogen-bond donors (Lipinski definition) is 0. The van der Waals surface area contributed by atoms with Crippen LogP contribution in [0.3, 0.4) is 0 Å². The van der Waals surface area contributed by atoms with Crippen molar-refractivity contribution in [1.29, 1.82) is 0 Å². The average molecular weight is 394 g/mol. The van der Waals surface area contributed by atoms with Gasteiger partial charge in [-0.05, 0) is 23.8 Å². The Morgan fingerprint density at radius 3 is 2.39 bits per heavy atom. The Bertz CT molecular complexity index is 1010. The number of rotatable bonds is 5. The molecule has 0 aliphatic carbocycles. The highest BCUT2D eigenvalue weighted by atomic mass is 19.4. The number of methoxy groups -OCH3 is 2. The fourth-order valence-corrected chi connectivity index (χ4v) is 2.86. The molecule has 148 valence electrons. The molecule has 0 radical (unpaired) electrons. The van der Waals surface area contributed by atoms with E-state index in [2.05, 4.69) is 9.72 Å². The Labute approximate surface area is 158 Å². The van der Waals surface area contributed by atoms with Crippen molar-refractivity contribution < 1.29 is 32.2 Å². The van der Waals surface area contributed by atoms with E-state index < -0.39 is 12.3 Å². The van der Waals surface area contributed by atoms with Gasteiger partial charge in [-0.1, -0.05) is 12.1 Å². The second-order valence-corrected chi connectivity index (χ2v) is 5.99. The first-order valence-electron chi connectivity index (χ1n) is 8.18. The van der Waals surface area contributed by atoms with E-state index in [0.29, 0.717) is 23.5 Å². The summed E-state index contributed by atoms with van der Waals surface area (Å²) in [5, 5.41) is 0. The van der Waals surface area contributed by atoms with Gasteiger partial charge in [0.25, 0.3) is 0 Å². The normalized spacial score (nSPS) is 11.5. The molecule has 0 bridgehead atoms. The monoisotopic (exact) mass is 394 g/mol. The zero-order valence-electron chi connectivity index (χ0n) is 15.3. The minimum Gasteiger partial charge on any atom is -0.496 e. The van der Waals surface area contributed by atoms with Gasteiger partial charge in [-0.15, -0.1) is 13.2 Å². The quantitative estimate of drug-likeness (QED) is 0.615. The summed E-state index contributed by atoms with van der Waals surface area (Å²) in [4.78, 5) is 16.5. The Morgan fingerprint density at radius 2 is 1.82 bits per heavy atom. The third-order valence-electron chi connectivity index (χ3n) is 4.22. The van der Waals surface area contributed by atoms with E-state index in [1.165, 1.54) is 26.4 Å². The summed E-state index contributed by atoms with van der Waals surface area (Å²) in [7, 11) is 4.54. The number of halogens is 3. The smallest absolute Gasteiger partial charge is 0.496 e. The van der Waals surface area contributed by atoms with Gasteiger partial charge in [0.1, 0.15) is 22.9 Å². The molecular formula is C19H17F3N2O4. The van der Waals surface area contributed by atoms with Crippen molar-refractivity contribution in [2.45, 2.75) is 12.8 Å². The molecule has 9 heteroatoms. The number of carbonyl (C=O) groups is 1. The van der Waals surface area contributed by atoms with E-state index in [9.17, 15) is 18.0 Å². The summed E-state index contributed by atoms with van der Waals surface area (Å²) in [6, 6.07) is 8.87. The van der Waals surface area contributed by atoms with Crippen molar-refractivity contribution in [1.82, 2.24) is 9.55 Å². The van der Waals surface area contributed by atoms with Crippen molar-refractivity contribution in [2.24, 2.45) is 7.05 Å². The molecule has 0 aliphatic heterocycles. The summed E-state index contributed by atoms with van der Waals surface area (Å²) in [6.45, 7) is 0. The maximum Gasteiger partial charge on any atom is 0.573 e. The molecule has 28 heavy (non-hydrogen) atoms. The van der Waals surface area contributed by atoms with E-state index >= 15 is 0 Å². The van der Waals surface area contributed by atoms with Crippen molar-refractivity contribution >= 4 is 17.0 Å². The molecule has 0 N–H and O–H groups in total. The van der Waals surface area contributed by atoms with Gasteiger partial charge in [-0.2, -0.15) is 0 Å². The first kappa shape index (κ1) is 19.5. The zero-order valence-corrected chi connectivity index (χ0v) is 15.3. The molecule has 1 aromatic heterocycles. The van der Waals surface area contributed by atoms with E-state index in [1.807, 2.05) is 11.6 Å². The van der Waals surface area contributed by atoms with Crippen LogP contribution in [0.5, 0.6) is 11.5 Å². The minimum absolute atomic E-state index is 0.260. The fourth-order valence-electron chi connectivity index (χ4n) is 2.86. The first-order chi connectivity index (χ1) is 13.2. The van der Waals surface area contributed by atoms with Crippen molar-refractivity contribution in [3.63, 3.8) is 0 Å². The lowest BCUT2D eigenvalue weighted by Gasteiger charge is -2.09. The Balaban J connectivity index is 1.91. The van der Waals surface area contributed by atoms with Crippen LogP contribution in [0.1, 0.15) is 21.7 Å². The second kappa shape index (κ2) is 7.41. The Hall–Kier alpha value is -3.23. The third-order valence-corrected chi connectivity index (χ3v) is 4.22. The van der Waals surface area contributed by atoms with E-state index in [4.69, 9.17) is 9.47 Å². The lowest BCUT2D eigenvalue weighted by atomic mass is 10.1.